The molecule has 1 N–H and O–H groups in total. The Morgan fingerprint density at radius 1 is 1.17 bits per heavy atom. The molecular weight excluding hydrogens is 444 g/mol. The van der Waals surface area contributed by atoms with E-state index in [9.17, 15) is 14.4 Å². The zero-order valence-corrected chi connectivity index (χ0v) is 21.0. The number of nitrogens with zero attached hydrogens (tertiary/aromatic N) is 1. The lowest BCUT2D eigenvalue weighted by Gasteiger charge is -2.35. The van der Waals surface area contributed by atoms with Crippen molar-refractivity contribution in [2.45, 2.75) is 50.9 Å². The van der Waals surface area contributed by atoms with Crippen LogP contribution in [0.25, 0.3) is 0 Å². The summed E-state index contributed by atoms with van der Waals surface area (Å²) in [6.07, 6.45) is 9.12. The number of esters is 2. The van der Waals surface area contributed by atoms with Crippen LogP contribution < -0.4 is 10.1 Å². The Morgan fingerprint density at radius 2 is 1.97 bits per heavy atom. The number of rotatable bonds is 12. The third kappa shape index (κ3) is 9.17. The van der Waals surface area contributed by atoms with E-state index in [1.165, 1.54) is 18.4 Å². The summed E-state index contributed by atoms with van der Waals surface area (Å²) in [7, 11) is 2.16. The van der Waals surface area contributed by atoms with E-state index < -0.39 is 17.8 Å². The van der Waals surface area contributed by atoms with Crippen molar-refractivity contribution in [3.8, 4) is 5.75 Å². The maximum atomic E-state index is 12.3. The molecule has 1 heterocycles. The fourth-order valence-electron chi connectivity index (χ4n) is 4.34. The molecule has 1 fully saturated rings. The summed E-state index contributed by atoms with van der Waals surface area (Å²) in [5.74, 6) is -1.01. The lowest BCUT2D eigenvalue weighted by atomic mass is 9.74. The summed E-state index contributed by atoms with van der Waals surface area (Å²) in [5, 5.41) is 2.46. The van der Waals surface area contributed by atoms with E-state index in [4.69, 9.17) is 9.47 Å². The molecule has 1 aromatic rings. The first-order chi connectivity index (χ1) is 16.8. The van der Waals surface area contributed by atoms with Crippen molar-refractivity contribution in [1.82, 2.24) is 10.2 Å². The van der Waals surface area contributed by atoms with Gasteiger partial charge in [0.15, 0.2) is 0 Å². The lowest BCUT2D eigenvalue weighted by Crippen LogP contribution is -2.37. The van der Waals surface area contributed by atoms with Gasteiger partial charge in [0.25, 0.3) is 0 Å². The minimum Gasteiger partial charge on any atom is -0.460 e. The van der Waals surface area contributed by atoms with Gasteiger partial charge in [-0.3, -0.25) is 14.4 Å². The van der Waals surface area contributed by atoms with Crippen molar-refractivity contribution in [3.05, 3.63) is 66.8 Å². The monoisotopic (exact) mass is 482 g/mol. The molecule has 35 heavy (non-hydrogen) atoms. The number of carbonyl (C=O) groups is 3. The van der Waals surface area contributed by atoms with Gasteiger partial charge >= 0.3 is 11.9 Å². The van der Waals surface area contributed by atoms with Gasteiger partial charge in [0.1, 0.15) is 18.9 Å². The van der Waals surface area contributed by atoms with Gasteiger partial charge in [-0.1, -0.05) is 56.9 Å². The number of carbonyl (C=O) groups excluding carboxylic acids is 3. The Kier molecular flexibility index (Phi) is 11.4. The van der Waals surface area contributed by atoms with Crippen molar-refractivity contribution in [2.75, 3.05) is 33.3 Å². The molecule has 1 aliphatic rings. The van der Waals surface area contributed by atoms with Crippen LogP contribution in [0.15, 0.2) is 61.2 Å². The summed E-state index contributed by atoms with van der Waals surface area (Å²) >= 11 is 0. The lowest BCUT2D eigenvalue weighted by molar-refractivity contribution is -0.143. The van der Waals surface area contributed by atoms with Gasteiger partial charge < -0.3 is 19.7 Å². The minimum atomic E-state index is -0.580. The molecule has 1 atom stereocenters. The number of hydrogen-bond donors (Lipinski definition) is 1. The molecule has 2 rings (SSSR count). The average Bonchev–Trinajstić information content (AvgIpc) is 3.06. The van der Waals surface area contributed by atoms with Gasteiger partial charge in [-0.15, -0.1) is 0 Å². The quantitative estimate of drug-likeness (QED) is 0.274. The predicted molar refractivity (Wildman–Crippen MR) is 137 cm³/mol. The molecule has 1 aromatic carbocycles. The number of benzene rings is 1. The minimum absolute atomic E-state index is 0.0378. The number of amides is 1. The standard InChI is InChI=1S/C28H38N2O5/c1-5-11-22(6-2)20-34-27(33)19-29-25(31)14-15-26(32)35-24-13-10-12-23(18-24)28(7-3)16-8-9-17-30(4)21-28/h5-6,10-13,18H,1-2,7-9,14-17,19-21H2,3-4H3,(H,29,31)/b22-11+. The number of nitrogens with one attached hydrogen (secondary N) is 1. The van der Waals surface area contributed by atoms with Gasteiger partial charge in [0.05, 0.1) is 6.42 Å². The summed E-state index contributed by atoms with van der Waals surface area (Å²) in [6.45, 7) is 11.2. The maximum Gasteiger partial charge on any atom is 0.325 e. The zero-order valence-electron chi connectivity index (χ0n) is 21.0. The summed E-state index contributed by atoms with van der Waals surface area (Å²) in [4.78, 5) is 38.5. The van der Waals surface area contributed by atoms with Crippen molar-refractivity contribution >= 4 is 17.8 Å². The summed E-state index contributed by atoms with van der Waals surface area (Å²) < 4.78 is 10.6. The van der Waals surface area contributed by atoms with E-state index >= 15 is 0 Å². The van der Waals surface area contributed by atoms with E-state index in [1.807, 2.05) is 12.1 Å². The van der Waals surface area contributed by atoms with Crippen LogP contribution in [0.3, 0.4) is 0 Å². The van der Waals surface area contributed by atoms with Gasteiger partial charge in [-0.25, -0.2) is 0 Å². The molecule has 1 saturated heterocycles. The molecule has 1 aliphatic heterocycles. The van der Waals surface area contributed by atoms with E-state index in [0.717, 1.165) is 25.9 Å². The number of likely N-dealkylation sites (tertiary alicyclic amines) is 1. The number of likely N-dealkylation sites (N-methyl/N-ethyl adjacent to an activating group) is 1. The highest BCUT2D eigenvalue weighted by molar-refractivity contribution is 5.85. The first-order valence-corrected chi connectivity index (χ1v) is 12.2. The highest BCUT2D eigenvalue weighted by Gasteiger charge is 2.33. The third-order valence-corrected chi connectivity index (χ3v) is 6.35. The fraction of sp³-hybridized carbons (Fsp3) is 0.464. The van der Waals surface area contributed by atoms with Crippen molar-refractivity contribution < 1.29 is 23.9 Å². The molecule has 0 spiro atoms. The zero-order chi connectivity index (χ0) is 25.7. The largest absolute Gasteiger partial charge is 0.460 e. The fourth-order valence-corrected chi connectivity index (χ4v) is 4.34. The predicted octanol–water partition coefficient (Wildman–Crippen LogP) is 4.09. The van der Waals surface area contributed by atoms with Gasteiger partial charge in [-0.05, 0) is 56.1 Å². The highest BCUT2D eigenvalue weighted by atomic mass is 16.5. The van der Waals surface area contributed by atoms with Crippen LogP contribution in [0.2, 0.25) is 0 Å². The number of hydrogen-bond acceptors (Lipinski definition) is 6. The van der Waals surface area contributed by atoms with Crippen LogP contribution in [0, 0.1) is 0 Å². The second kappa shape index (κ2) is 14.3. The summed E-state index contributed by atoms with van der Waals surface area (Å²) in [6, 6.07) is 7.74. The van der Waals surface area contributed by atoms with Crippen LogP contribution in [0.4, 0.5) is 0 Å². The third-order valence-electron chi connectivity index (χ3n) is 6.35. The van der Waals surface area contributed by atoms with Crippen LogP contribution in [-0.4, -0.2) is 56.0 Å². The van der Waals surface area contributed by atoms with Gasteiger partial charge in [0, 0.05) is 18.4 Å². The van der Waals surface area contributed by atoms with E-state index in [0.29, 0.717) is 11.3 Å². The molecule has 7 nitrogen and oxygen atoms in total. The normalized spacial score (nSPS) is 18.7. The molecule has 7 heteroatoms. The Balaban J connectivity index is 1.82. The Hall–Kier alpha value is -3.19. The topological polar surface area (TPSA) is 84.9 Å². The average molecular weight is 483 g/mol. The molecule has 0 bridgehead atoms. The second-order valence-corrected chi connectivity index (χ2v) is 8.95. The number of allylic oxidation sites excluding steroid dienone is 2. The van der Waals surface area contributed by atoms with Gasteiger partial charge in [0.2, 0.25) is 5.91 Å². The Bertz CT molecular complexity index is 939. The molecule has 0 aliphatic carbocycles. The summed E-state index contributed by atoms with van der Waals surface area (Å²) in [5.41, 5.74) is 1.91. The molecule has 0 saturated carbocycles. The highest BCUT2D eigenvalue weighted by Crippen LogP contribution is 2.37. The molecule has 0 radical (unpaired) electrons. The molecule has 190 valence electrons. The van der Waals surface area contributed by atoms with E-state index in [1.54, 1.807) is 24.3 Å². The van der Waals surface area contributed by atoms with Crippen LogP contribution in [0.1, 0.15) is 51.0 Å². The first kappa shape index (κ1) is 28.1. The van der Waals surface area contributed by atoms with Gasteiger partial charge in [-0.2, -0.15) is 0 Å². The van der Waals surface area contributed by atoms with Crippen molar-refractivity contribution in [2.24, 2.45) is 0 Å². The van der Waals surface area contributed by atoms with Crippen molar-refractivity contribution in [3.63, 3.8) is 0 Å². The maximum absolute atomic E-state index is 12.3. The number of ether oxygens (including phenoxy) is 2. The van der Waals surface area contributed by atoms with Crippen LogP contribution in [0.5, 0.6) is 5.75 Å². The molecule has 0 aromatic heterocycles. The molecular formula is C28H38N2O5. The van der Waals surface area contributed by atoms with Crippen molar-refractivity contribution in [1.29, 1.82) is 0 Å². The Morgan fingerprint density at radius 3 is 2.69 bits per heavy atom. The van der Waals surface area contributed by atoms with Crippen LogP contribution >= 0.6 is 0 Å². The van der Waals surface area contributed by atoms with E-state index in [-0.39, 0.29) is 31.4 Å². The first-order valence-electron chi connectivity index (χ1n) is 12.2. The van der Waals surface area contributed by atoms with Crippen LogP contribution in [-0.2, 0) is 24.5 Å². The SMILES string of the molecule is C=C/C=C(\C=C)COC(=O)CNC(=O)CCC(=O)Oc1cccc(C2(CC)CCCCN(C)C2)c1. The molecule has 1 amide bonds. The smallest absolute Gasteiger partial charge is 0.325 e. The molecule has 1 unspecified atom stereocenters. The Labute approximate surface area is 208 Å². The second-order valence-electron chi connectivity index (χ2n) is 8.95. The van der Waals surface area contributed by atoms with E-state index in [2.05, 4.69) is 43.4 Å².